The van der Waals surface area contributed by atoms with Gasteiger partial charge in [0.2, 0.25) is 0 Å². The molecule has 0 unspecified atom stereocenters. The molecule has 4 aliphatic rings. The van der Waals surface area contributed by atoms with Crippen molar-refractivity contribution < 1.29 is 14.3 Å². The smallest absolute Gasteiger partial charge is 0.276 e. The zero-order valence-corrected chi connectivity index (χ0v) is 31.2. The van der Waals surface area contributed by atoms with Crippen molar-refractivity contribution in [1.29, 1.82) is 0 Å². The maximum atomic E-state index is 14.1. The fourth-order valence-corrected chi connectivity index (χ4v) is 8.34. The first-order chi connectivity index (χ1) is 25.0. The average Bonchev–Trinajstić information content (AvgIpc) is 3.57. The van der Waals surface area contributed by atoms with Crippen LogP contribution in [0.1, 0.15) is 61.9 Å². The van der Waals surface area contributed by atoms with Crippen molar-refractivity contribution in [2.45, 2.75) is 78.8 Å². The number of ether oxygens (including phenoxy) is 2. The molecule has 1 N–H and O–H groups in total. The number of aromatic nitrogens is 4. The summed E-state index contributed by atoms with van der Waals surface area (Å²) in [6.45, 7) is 16.9. The van der Waals surface area contributed by atoms with Gasteiger partial charge >= 0.3 is 0 Å². The number of nitrogens with one attached hydrogen (secondary N) is 1. The minimum atomic E-state index is -0.170. The number of pyridine rings is 3. The summed E-state index contributed by atoms with van der Waals surface area (Å²) in [6, 6.07) is 10.8. The summed E-state index contributed by atoms with van der Waals surface area (Å²) in [7, 11) is 1.75. The fourth-order valence-electron chi connectivity index (χ4n) is 8.34. The van der Waals surface area contributed by atoms with Crippen LogP contribution in [0.2, 0.25) is 0 Å². The van der Waals surface area contributed by atoms with Gasteiger partial charge in [-0.1, -0.05) is 13.8 Å². The van der Waals surface area contributed by atoms with Crippen molar-refractivity contribution in [3.8, 4) is 11.1 Å². The van der Waals surface area contributed by atoms with Gasteiger partial charge in [-0.2, -0.15) is 0 Å². The minimum Gasteiger partial charge on any atom is -0.378 e. The summed E-state index contributed by atoms with van der Waals surface area (Å²) in [5.41, 5.74) is 7.29. The van der Waals surface area contributed by atoms with E-state index in [2.05, 4.69) is 52.6 Å². The number of amides is 1. The van der Waals surface area contributed by atoms with E-state index in [-0.39, 0.29) is 29.6 Å². The third-order valence-electron chi connectivity index (χ3n) is 11.1. The molecule has 0 aromatic carbocycles. The third kappa shape index (κ3) is 6.41. The quantitative estimate of drug-likeness (QED) is 0.257. The molecular formula is C40H50N8O4. The molecule has 0 saturated carbocycles. The van der Waals surface area contributed by atoms with Crippen LogP contribution in [-0.2, 0) is 42.5 Å². The second-order valence-electron chi connectivity index (χ2n) is 16.0. The summed E-state index contributed by atoms with van der Waals surface area (Å²) in [5.74, 6) is 1.13. The number of piperazine rings is 1. The molecule has 2 saturated heterocycles. The number of aryl methyl sites for hydroxylation is 1. The first-order valence-corrected chi connectivity index (χ1v) is 18.6. The van der Waals surface area contributed by atoms with Gasteiger partial charge in [0.15, 0.2) is 0 Å². The summed E-state index contributed by atoms with van der Waals surface area (Å²) in [4.78, 5) is 43.8. The lowest BCUT2D eigenvalue weighted by molar-refractivity contribution is -0.0691. The number of carbonyl (C=O) groups is 1. The standard InChI is InChI=1S/C40H50N8O4/c1-25(2)52-24-32-31(9-10-41-37(32)48-14-13-47-34(39(48)50)16-27-17-40(4,5)18-35(27)47)28-15-33(38(49)44(6)21-28)43-36-8-7-29(19-42-36)46-12-11-45(20-26(46)3)30-22-51-23-30/h7-10,15-16,19,21,25-26,30H,11-14,17-18,20,22-24H2,1-6H3,(H,42,43)/t26-/m0/s1. The SMILES string of the molecule is CC(C)OCc1c(-c2cc(Nc3ccc(N4CCN(C5COC5)C[C@@H]4C)cn3)c(=O)n(C)c2)ccnc1N1CCn2c(cc3c2CC(C)(C)C3)C1=O. The number of nitrogens with zero attached hydrogens (tertiary/aromatic N) is 7. The first kappa shape index (κ1) is 34.6. The van der Waals surface area contributed by atoms with Crippen molar-refractivity contribution >= 4 is 28.9 Å². The number of fused-ring (bicyclic) bond motifs is 3. The van der Waals surface area contributed by atoms with Crippen LogP contribution in [0.5, 0.6) is 0 Å². The monoisotopic (exact) mass is 706 g/mol. The molecule has 1 aliphatic carbocycles. The van der Waals surface area contributed by atoms with Gasteiger partial charge < -0.3 is 28.8 Å². The van der Waals surface area contributed by atoms with E-state index in [1.54, 1.807) is 22.7 Å². The number of hydrogen-bond donors (Lipinski definition) is 1. The van der Waals surface area contributed by atoms with Gasteiger partial charge in [-0.3, -0.25) is 19.4 Å². The molecule has 0 radical (unpaired) electrons. The Balaban J connectivity index is 1.07. The normalized spacial score (nSPS) is 20.3. The van der Waals surface area contributed by atoms with Crippen molar-refractivity contribution in [3.63, 3.8) is 0 Å². The predicted octanol–water partition coefficient (Wildman–Crippen LogP) is 5.01. The fraction of sp³-hybridized carbons (Fsp3) is 0.500. The second-order valence-corrected chi connectivity index (χ2v) is 16.0. The Morgan fingerprint density at radius 2 is 1.87 bits per heavy atom. The highest BCUT2D eigenvalue weighted by Crippen LogP contribution is 2.40. The Hall–Kier alpha value is -4.52. The third-order valence-corrected chi connectivity index (χ3v) is 11.1. The summed E-state index contributed by atoms with van der Waals surface area (Å²) in [6.07, 6.45) is 7.38. The molecule has 8 rings (SSSR count). The van der Waals surface area contributed by atoms with Crippen LogP contribution in [0.3, 0.4) is 0 Å². The molecule has 2 fully saturated rings. The summed E-state index contributed by atoms with van der Waals surface area (Å²) < 4.78 is 15.4. The zero-order valence-electron chi connectivity index (χ0n) is 31.2. The van der Waals surface area contributed by atoms with E-state index in [4.69, 9.17) is 19.4 Å². The molecule has 52 heavy (non-hydrogen) atoms. The van der Waals surface area contributed by atoms with Crippen LogP contribution in [-0.4, -0.2) is 87.5 Å². The molecular weight excluding hydrogens is 656 g/mol. The Labute approximate surface area is 305 Å². The lowest BCUT2D eigenvalue weighted by atomic mass is 9.90. The second kappa shape index (κ2) is 13.5. The predicted molar refractivity (Wildman–Crippen MR) is 203 cm³/mol. The van der Waals surface area contributed by atoms with Crippen molar-refractivity contribution in [2.75, 3.05) is 54.5 Å². The molecule has 0 spiro atoms. The molecule has 4 aromatic rings. The summed E-state index contributed by atoms with van der Waals surface area (Å²) >= 11 is 0. The van der Waals surface area contributed by atoms with Crippen molar-refractivity contribution in [3.05, 3.63) is 81.8 Å². The highest BCUT2D eigenvalue weighted by molar-refractivity contribution is 6.06. The van der Waals surface area contributed by atoms with Crippen molar-refractivity contribution in [2.24, 2.45) is 12.5 Å². The van der Waals surface area contributed by atoms with Crippen LogP contribution < -0.4 is 20.7 Å². The van der Waals surface area contributed by atoms with E-state index in [0.717, 1.165) is 73.8 Å². The van der Waals surface area contributed by atoms with Crippen LogP contribution in [0.25, 0.3) is 11.1 Å². The molecule has 4 aromatic heterocycles. The van der Waals surface area contributed by atoms with Gasteiger partial charge in [0, 0.05) is 75.0 Å². The molecule has 0 bridgehead atoms. The highest BCUT2D eigenvalue weighted by atomic mass is 16.5. The van der Waals surface area contributed by atoms with E-state index < -0.39 is 0 Å². The molecule has 1 amide bonds. The zero-order chi connectivity index (χ0) is 36.3. The number of rotatable bonds is 9. The van der Waals surface area contributed by atoms with E-state index in [1.807, 2.05) is 44.4 Å². The van der Waals surface area contributed by atoms with Gasteiger partial charge in [-0.15, -0.1) is 0 Å². The molecule has 12 heteroatoms. The Kier molecular flexibility index (Phi) is 8.95. The Morgan fingerprint density at radius 3 is 2.58 bits per heavy atom. The van der Waals surface area contributed by atoms with Gasteiger partial charge in [0.05, 0.1) is 43.9 Å². The van der Waals surface area contributed by atoms with Crippen LogP contribution in [0.4, 0.5) is 23.0 Å². The topological polar surface area (TPSA) is 110 Å². The molecule has 12 nitrogen and oxygen atoms in total. The van der Waals surface area contributed by atoms with Crippen LogP contribution in [0.15, 0.2) is 53.7 Å². The van der Waals surface area contributed by atoms with E-state index >= 15 is 0 Å². The number of anilines is 4. The molecule has 274 valence electrons. The van der Waals surface area contributed by atoms with E-state index in [0.29, 0.717) is 42.5 Å². The van der Waals surface area contributed by atoms with Gasteiger partial charge in [-0.05, 0) is 80.5 Å². The Morgan fingerprint density at radius 1 is 1.04 bits per heavy atom. The van der Waals surface area contributed by atoms with Gasteiger partial charge in [0.1, 0.15) is 23.0 Å². The van der Waals surface area contributed by atoms with Crippen LogP contribution >= 0.6 is 0 Å². The maximum absolute atomic E-state index is 14.1. The first-order valence-electron chi connectivity index (χ1n) is 18.6. The average molecular weight is 707 g/mol. The lowest BCUT2D eigenvalue weighted by Crippen LogP contribution is -2.59. The number of carbonyl (C=O) groups excluding carboxylic acids is 1. The van der Waals surface area contributed by atoms with Crippen molar-refractivity contribution in [1.82, 2.24) is 24.0 Å². The highest BCUT2D eigenvalue weighted by Gasteiger charge is 2.38. The molecule has 3 aliphatic heterocycles. The number of hydrogen-bond acceptors (Lipinski definition) is 9. The van der Waals surface area contributed by atoms with E-state index in [9.17, 15) is 9.59 Å². The van der Waals surface area contributed by atoms with Gasteiger partial charge in [0.25, 0.3) is 11.5 Å². The van der Waals surface area contributed by atoms with Crippen LogP contribution in [0, 0.1) is 5.41 Å². The largest absolute Gasteiger partial charge is 0.378 e. The maximum Gasteiger partial charge on any atom is 0.276 e. The minimum absolute atomic E-state index is 0.0304. The Bertz CT molecular complexity index is 2050. The molecule has 7 heterocycles. The summed E-state index contributed by atoms with van der Waals surface area (Å²) in [5, 5.41) is 3.29. The van der Waals surface area contributed by atoms with E-state index in [1.165, 1.54) is 11.3 Å². The molecule has 1 atom stereocenters. The lowest BCUT2D eigenvalue weighted by Gasteiger charge is -2.46. The van der Waals surface area contributed by atoms with Gasteiger partial charge in [-0.25, -0.2) is 9.97 Å².